The summed E-state index contributed by atoms with van der Waals surface area (Å²) >= 11 is 0. The Labute approximate surface area is 254 Å². The molecule has 0 aromatic heterocycles. The molecule has 3 aromatic rings. The van der Waals surface area contributed by atoms with Crippen molar-refractivity contribution in [2.45, 2.75) is 50.7 Å². The Hall–Kier alpha value is -4.57. The molecular weight excluding hydrogens is 563 g/mol. The number of ether oxygens (including phenoxy) is 1. The lowest BCUT2D eigenvalue weighted by Gasteiger charge is -2.32. The molecule has 7 rings (SSSR count). The molecule has 9 nitrogen and oxygen atoms in total. The molecule has 4 aliphatic rings. The minimum Gasteiger partial charge on any atom is -0.491 e. The van der Waals surface area contributed by atoms with E-state index in [9.17, 15) is 23.6 Å². The first-order valence-electron chi connectivity index (χ1n) is 15.2. The normalized spacial score (nSPS) is 21.1. The van der Waals surface area contributed by atoms with Gasteiger partial charge in [0.05, 0.1) is 12.1 Å². The first-order chi connectivity index (χ1) is 21.3. The van der Waals surface area contributed by atoms with Gasteiger partial charge in [0.25, 0.3) is 11.8 Å². The van der Waals surface area contributed by atoms with E-state index in [2.05, 4.69) is 16.3 Å². The lowest BCUT2D eigenvalue weighted by Crippen LogP contribution is -2.52. The number of piperidine rings is 2. The summed E-state index contributed by atoms with van der Waals surface area (Å²) in [6.45, 7) is 3.52. The fourth-order valence-electron chi connectivity index (χ4n) is 6.88. The van der Waals surface area contributed by atoms with Crippen molar-refractivity contribution in [1.29, 1.82) is 0 Å². The number of carbonyl (C=O) groups is 4. The van der Waals surface area contributed by atoms with E-state index in [0.29, 0.717) is 61.1 Å². The van der Waals surface area contributed by atoms with Crippen LogP contribution in [0, 0.1) is 5.82 Å². The standard InChI is InChI=1S/C34H33FN4O5/c35-25-2-1-3-26(18-25)38-14-15-44-30-8-4-21(16-28(30)34(38)43)19-37-12-10-22(11-13-37)23-5-6-27-24(17-23)20-39(33(27)42)29-7-9-31(40)36-32(29)41/h1-6,8,16-18,22,29H,7,9-15,19-20H2,(H,36,40,41). The highest BCUT2D eigenvalue weighted by Gasteiger charge is 2.39. The number of nitrogens with one attached hydrogen (secondary N) is 1. The summed E-state index contributed by atoms with van der Waals surface area (Å²) in [5.74, 6) is -0.526. The molecule has 226 valence electrons. The Kier molecular flexibility index (Phi) is 7.37. The van der Waals surface area contributed by atoms with Gasteiger partial charge in [0.2, 0.25) is 11.8 Å². The quantitative estimate of drug-likeness (QED) is 0.447. The highest BCUT2D eigenvalue weighted by molar-refractivity contribution is 6.08. The molecule has 1 unspecified atom stereocenters. The second kappa shape index (κ2) is 11.5. The molecule has 0 bridgehead atoms. The fraction of sp³-hybridized carbons (Fsp3) is 0.353. The van der Waals surface area contributed by atoms with Crippen LogP contribution in [0.5, 0.6) is 5.75 Å². The van der Waals surface area contributed by atoms with Crippen LogP contribution in [-0.4, -0.2) is 65.7 Å². The first kappa shape index (κ1) is 28.2. The van der Waals surface area contributed by atoms with E-state index in [-0.39, 0.29) is 30.0 Å². The van der Waals surface area contributed by atoms with E-state index in [1.807, 2.05) is 30.3 Å². The molecule has 4 amide bonds. The molecule has 3 aromatic carbocycles. The van der Waals surface area contributed by atoms with Crippen molar-refractivity contribution >= 4 is 29.3 Å². The Bertz CT molecular complexity index is 1670. The van der Waals surface area contributed by atoms with Gasteiger partial charge in [-0.05, 0) is 91.4 Å². The summed E-state index contributed by atoms with van der Waals surface area (Å²) in [6.07, 6.45) is 2.52. The van der Waals surface area contributed by atoms with Gasteiger partial charge in [-0.2, -0.15) is 0 Å². The van der Waals surface area contributed by atoms with E-state index in [1.165, 1.54) is 17.7 Å². The molecule has 10 heteroatoms. The lowest BCUT2D eigenvalue weighted by molar-refractivity contribution is -0.136. The van der Waals surface area contributed by atoms with Crippen LogP contribution in [0.25, 0.3) is 0 Å². The van der Waals surface area contributed by atoms with Crippen LogP contribution in [0.3, 0.4) is 0 Å². The molecule has 2 fully saturated rings. The highest BCUT2D eigenvalue weighted by atomic mass is 19.1. The second-order valence-corrected chi connectivity index (χ2v) is 12.0. The highest BCUT2D eigenvalue weighted by Crippen LogP contribution is 2.34. The third-order valence-electron chi connectivity index (χ3n) is 9.22. The van der Waals surface area contributed by atoms with E-state index < -0.39 is 11.9 Å². The van der Waals surface area contributed by atoms with Gasteiger partial charge < -0.3 is 14.5 Å². The Morgan fingerprint density at radius 3 is 2.50 bits per heavy atom. The minimum atomic E-state index is -0.612. The van der Waals surface area contributed by atoms with Crippen molar-refractivity contribution in [3.63, 3.8) is 0 Å². The van der Waals surface area contributed by atoms with Gasteiger partial charge in [0, 0.05) is 30.8 Å². The summed E-state index contributed by atoms with van der Waals surface area (Å²) in [5, 5.41) is 2.35. The van der Waals surface area contributed by atoms with E-state index in [0.717, 1.165) is 37.1 Å². The maximum Gasteiger partial charge on any atom is 0.262 e. The van der Waals surface area contributed by atoms with Gasteiger partial charge in [0.15, 0.2) is 0 Å². The van der Waals surface area contributed by atoms with Crippen LogP contribution in [0.4, 0.5) is 10.1 Å². The number of hydrogen-bond donors (Lipinski definition) is 1. The van der Waals surface area contributed by atoms with Crippen molar-refractivity contribution in [3.05, 3.63) is 94.3 Å². The van der Waals surface area contributed by atoms with Crippen molar-refractivity contribution in [1.82, 2.24) is 15.1 Å². The number of halogens is 1. The maximum absolute atomic E-state index is 13.9. The van der Waals surface area contributed by atoms with Crippen LogP contribution in [-0.2, 0) is 22.7 Å². The number of carbonyl (C=O) groups excluding carboxylic acids is 4. The van der Waals surface area contributed by atoms with Crippen molar-refractivity contribution in [2.75, 3.05) is 31.1 Å². The second-order valence-electron chi connectivity index (χ2n) is 12.0. The summed E-state index contributed by atoms with van der Waals surface area (Å²) < 4.78 is 19.7. The monoisotopic (exact) mass is 596 g/mol. The SMILES string of the molecule is O=C1CCC(N2Cc3cc(C4CCN(Cc5ccc6c(c5)C(=O)N(c5cccc(F)c5)CCO6)CC4)ccc3C2=O)C(=O)N1. The molecule has 0 aliphatic carbocycles. The maximum atomic E-state index is 13.9. The zero-order valence-electron chi connectivity index (χ0n) is 24.3. The molecular formula is C34H33FN4O5. The average molecular weight is 597 g/mol. The molecule has 0 spiro atoms. The summed E-state index contributed by atoms with van der Waals surface area (Å²) in [4.78, 5) is 56.0. The summed E-state index contributed by atoms with van der Waals surface area (Å²) in [7, 11) is 0. The fourth-order valence-corrected chi connectivity index (χ4v) is 6.88. The number of benzene rings is 3. The smallest absolute Gasteiger partial charge is 0.262 e. The number of likely N-dealkylation sites (tertiary alicyclic amines) is 1. The molecule has 0 saturated carbocycles. The van der Waals surface area contributed by atoms with Crippen molar-refractivity contribution in [2.24, 2.45) is 0 Å². The Morgan fingerprint density at radius 1 is 0.864 bits per heavy atom. The molecule has 4 heterocycles. The first-order valence-corrected chi connectivity index (χ1v) is 15.2. The molecule has 1 atom stereocenters. The molecule has 4 aliphatic heterocycles. The minimum absolute atomic E-state index is 0.153. The molecule has 0 radical (unpaired) electrons. The van der Waals surface area contributed by atoms with Gasteiger partial charge in [-0.25, -0.2) is 4.39 Å². The third kappa shape index (κ3) is 5.34. The van der Waals surface area contributed by atoms with Crippen LogP contribution in [0.15, 0.2) is 60.7 Å². The van der Waals surface area contributed by atoms with E-state index in [1.54, 1.807) is 21.9 Å². The van der Waals surface area contributed by atoms with Crippen LogP contribution < -0.4 is 15.0 Å². The summed E-state index contributed by atoms with van der Waals surface area (Å²) in [5.41, 5.74) is 4.78. The van der Waals surface area contributed by atoms with Crippen molar-refractivity contribution in [3.8, 4) is 5.75 Å². The number of anilines is 1. The number of hydrogen-bond acceptors (Lipinski definition) is 6. The van der Waals surface area contributed by atoms with Crippen LogP contribution in [0.2, 0.25) is 0 Å². The predicted octanol–water partition coefficient (Wildman–Crippen LogP) is 4.01. The lowest BCUT2D eigenvalue weighted by atomic mass is 9.87. The van der Waals surface area contributed by atoms with Crippen LogP contribution in [0.1, 0.15) is 69.0 Å². The van der Waals surface area contributed by atoms with E-state index in [4.69, 9.17) is 4.74 Å². The zero-order chi connectivity index (χ0) is 30.4. The average Bonchev–Trinajstić information content (AvgIpc) is 3.25. The molecule has 1 N–H and O–H groups in total. The zero-order valence-corrected chi connectivity index (χ0v) is 24.3. The van der Waals surface area contributed by atoms with Gasteiger partial charge in [0.1, 0.15) is 24.2 Å². The van der Waals surface area contributed by atoms with Gasteiger partial charge in [-0.1, -0.05) is 24.3 Å². The van der Waals surface area contributed by atoms with Gasteiger partial charge in [-0.15, -0.1) is 0 Å². The van der Waals surface area contributed by atoms with Crippen molar-refractivity contribution < 1.29 is 28.3 Å². The van der Waals surface area contributed by atoms with E-state index >= 15 is 0 Å². The largest absolute Gasteiger partial charge is 0.491 e. The number of rotatable bonds is 5. The Balaban J connectivity index is 0.992. The van der Waals surface area contributed by atoms with Gasteiger partial charge in [-0.3, -0.25) is 29.4 Å². The topological polar surface area (TPSA) is 99.3 Å². The number of nitrogens with zero attached hydrogens (tertiary/aromatic N) is 3. The summed E-state index contributed by atoms with van der Waals surface area (Å²) in [6, 6.07) is 17.2. The molecule has 44 heavy (non-hydrogen) atoms. The molecule has 2 saturated heterocycles. The number of fused-ring (bicyclic) bond motifs is 2. The number of amides is 4. The Morgan fingerprint density at radius 2 is 1.70 bits per heavy atom. The predicted molar refractivity (Wildman–Crippen MR) is 160 cm³/mol. The van der Waals surface area contributed by atoms with Crippen LogP contribution >= 0.6 is 0 Å². The number of imide groups is 1. The third-order valence-corrected chi connectivity index (χ3v) is 9.22. The van der Waals surface area contributed by atoms with Gasteiger partial charge >= 0.3 is 0 Å².